The fourth-order valence-electron chi connectivity index (χ4n) is 1.98. The summed E-state index contributed by atoms with van der Waals surface area (Å²) in [6, 6.07) is 12.5. The zero-order valence-electron chi connectivity index (χ0n) is 9.15. The number of hydrogen-bond acceptors (Lipinski definition) is 1. The third-order valence-corrected chi connectivity index (χ3v) is 3.50. The van der Waals surface area contributed by atoms with E-state index in [1.807, 2.05) is 30.3 Å². The lowest BCUT2D eigenvalue weighted by Gasteiger charge is -2.05. The molecular formula is C13H8BrFN2S. The zero-order valence-corrected chi connectivity index (χ0v) is 11.6. The molecule has 0 saturated heterocycles. The highest BCUT2D eigenvalue weighted by atomic mass is 79.9. The number of para-hydroxylation sites is 1. The van der Waals surface area contributed by atoms with Gasteiger partial charge in [0.05, 0.1) is 5.52 Å². The van der Waals surface area contributed by atoms with Gasteiger partial charge in [0.25, 0.3) is 0 Å². The van der Waals surface area contributed by atoms with Crippen molar-refractivity contribution in [1.82, 2.24) is 9.55 Å². The van der Waals surface area contributed by atoms with Crippen LogP contribution >= 0.6 is 28.1 Å². The van der Waals surface area contributed by atoms with Gasteiger partial charge in [-0.1, -0.05) is 28.1 Å². The number of rotatable bonds is 1. The van der Waals surface area contributed by atoms with Crippen LogP contribution in [-0.2, 0) is 0 Å². The Balaban J connectivity index is 2.42. The molecule has 2 nitrogen and oxygen atoms in total. The predicted molar refractivity (Wildman–Crippen MR) is 76.1 cm³/mol. The Morgan fingerprint density at radius 1 is 1.17 bits per heavy atom. The fraction of sp³-hybridized carbons (Fsp3) is 0. The second kappa shape index (κ2) is 4.33. The van der Waals surface area contributed by atoms with Crippen molar-refractivity contribution >= 4 is 39.2 Å². The van der Waals surface area contributed by atoms with Crippen LogP contribution in [-0.4, -0.2) is 9.55 Å². The quantitative estimate of drug-likeness (QED) is 0.650. The molecule has 0 saturated carbocycles. The highest BCUT2D eigenvalue weighted by Gasteiger charge is 2.10. The van der Waals surface area contributed by atoms with Gasteiger partial charge in [0, 0.05) is 10.2 Å². The van der Waals surface area contributed by atoms with Crippen molar-refractivity contribution in [3.8, 4) is 5.69 Å². The minimum atomic E-state index is -0.292. The molecule has 0 fully saturated rings. The van der Waals surface area contributed by atoms with Gasteiger partial charge in [0.15, 0.2) is 4.77 Å². The summed E-state index contributed by atoms with van der Waals surface area (Å²) in [5.41, 5.74) is 1.99. The molecule has 0 bridgehead atoms. The number of nitrogens with one attached hydrogen (secondary N) is 1. The van der Waals surface area contributed by atoms with Gasteiger partial charge >= 0.3 is 0 Å². The summed E-state index contributed by atoms with van der Waals surface area (Å²) < 4.78 is 17.1. The van der Waals surface area contributed by atoms with Crippen LogP contribution in [0, 0.1) is 10.6 Å². The first-order chi connectivity index (χ1) is 8.66. The van der Waals surface area contributed by atoms with Crippen molar-refractivity contribution in [2.75, 3.05) is 0 Å². The van der Waals surface area contributed by atoms with E-state index in [-0.39, 0.29) is 5.82 Å². The maximum atomic E-state index is 13.9. The second-order valence-corrected chi connectivity index (χ2v) is 5.18. The van der Waals surface area contributed by atoms with Crippen molar-refractivity contribution < 1.29 is 4.39 Å². The van der Waals surface area contributed by atoms with Gasteiger partial charge in [-0.2, -0.15) is 0 Å². The Morgan fingerprint density at radius 2 is 1.94 bits per heavy atom. The number of imidazole rings is 1. The summed E-state index contributed by atoms with van der Waals surface area (Å²) in [5.74, 6) is -0.292. The molecule has 0 atom stereocenters. The van der Waals surface area contributed by atoms with E-state index in [9.17, 15) is 4.39 Å². The molecule has 1 aromatic heterocycles. The number of hydrogen-bond donors (Lipinski definition) is 1. The van der Waals surface area contributed by atoms with Gasteiger partial charge in [-0.15, -0.1) is 0 Å². The van der Waals surface area contributed by atoms with E-state index < -0.39 is 0 Å². The molecule has 3 rings (SSSR count). The van der Waals surface area contributed by atoms with Crippen LogP contribution < -0.4 is 0 Å². The largest absolute Gasteiger partial charge is 0.330 e. The van der Waals surface area contributed by atoms with Gasteiger partial charge in [-0.25, -0.2) is 4.39 Å². The van der Waals surface area contributed by atoms with E-state index in [0.717, 1.165) is 10.2 Å². The number of halogens is 2. The van der Waals surface area contributed by atoms with Crippen molar-refractivity contribution in [3.05, 3.63) is 57.5 Å². The second-order valence-electron chi connectivity index (χ2n) is 3.88. The standard InChI is InChI=1S/C13H8BrFN2S/c14-8-3-1-4-9(7-8)17-12-10(15)5-2-6-11(12)16-13(17)18/h1-7H,(H,16,18). The summed E-state index contributed by atoms with van der Waals surface area (Å²) in [4.78, 5) is 3.01. The van der Waals surface area contributed by atoms with E-state index in [1.54, 1.807) is 10.6 Å². The summed E-state index contributed by atoms with van der Waals surface area (Å²) in [6.07, 6.45) is 0. The van der Waals surface area contributed by atoms with E-state index in [1.165, 1.54) is 6.07 Å². The summed E-state index contributed by atoms with van der Waals surface area (Å²) in [5, 5.41) is 0. The number of benzene rings is 2. The average molecular weight is 323 g/mol. The maximum absolute atomic E-state index is 13.9. The molecule has 0 aliphatic carbocycles. The van der Waals surface area contributed by atoms with Crippen molar-refractivity contribution in [3.63, 3.8) is 0 Å². The molecule has 0 spiro atoms. The first-order valence-electron chi connectivity index (χ1n) is 5.32. The van der Waals surface area contributed by atoms with Crippen LogP contribution in [0.2, 0.25) is 0 Å². The Labute approximate surface area is 116 Å². The summed E-state index contributed by atoms with van der Waals surface area (Å²) >= 11 is 8.67. The first kappa shape index (κ1) is 11.6. The van der Waals surface area contributed by atoms with Crippen LogP contribution in [0.15, 0.2) is 46.9 Å². The van der Waals surface area contributed by atoms with E-state index in [2.05, 4.69) is 20.9 Å². The zero-order chi connectivity index (χ0) is 12.7. The Bertz CT molecular complexity index is 791. The van der Waals surface area contributed by atoms with Gasteiger partial charge in [0.2, 0.25) is 0 Å². The molecule has 5 heteroatoms. The highest BCUT2D eigenvalue weighted by Crippen LogP contribution is 2.23. The van der Waals surface area contributed by atoms with Crippen LogP contribution in [0.4, 0.5) is 4.39 Å². The highest BCUT2D eigenvalue weighted by molar-refractivity contribution is 9.10. The Kier molecular flexibility index (Phi) is 2.80. The lowest BCUT2D eigenvalue weighted by Crippen LogP contribution is -1.95. The van der Waals surface area contributed by atoms with Crippen molar-refractivity contribution in [2.45, 2.75) is 0 Å². The molecule has 0 aliphatic heterocycles. The van der Waals surface area contributed by atoms with Crippen LogP contribution in [0.3, 0.4) is 0 Å². The monoisotopic (exact) mass is 322 g/mol. The number of H-pyrrole nitrogens is 1. The van der Waals surface area contributed by atoms with Crippen molar-refractivity contribution in [1.29, 1.82) is 0 Å². The number of aromatic amines is 1. The lowest BCUT2D eigenvalue weighted by atomic mass is 10.2. The maximum Gasteiger partial charge on any atom is 0.182 e. The van der Waals surface area contributed by atoms with Crippen LogP contribution in [0.25, 0.3) is 16.7 Å². The third kappa shape index (κ3) is 1.79. The topological polar surface area (TPSA) is 20.7 Å². The van der Waals surface area contributed by atoms with E-state index in [0.29, 0.717) is 15.8 Å². The van der Waals surface area contributed by atoms with Crippen LogP contribution in [0.5, 0.6) is 0 Å². The molecule has 0 aliphatic rings. The summed E-state index contributed by atoms with van der Waals surface area (Å²) in [6.45, 7) is 0. The first-order valence-corrected chi connectivity index (χ1v) is 6.52. The molecule has 18 heavy (non-hydrogen) atoms. The fourth-order valence-corrected chi connectivity index (χ4v) is 2.67. The minimum Gasteiger partial charge on any atom is -0.330 e. The molecule has 0 unspecified atom stereocenters. The SMILES string of the molecule is Fc1cccc2[nH]c(=S)n(-c3cccc(Br)c3)c12. The number of fused-ring (bicyclic) bond motifs is 1. The number of aromatic nitrogens is 2. The third-order valence-electron chi connectivity index (χ3n) is 2.72. The van der Waals surface area contributed by atoms with Crippen molar-refractivity contribution in [2.24, 2.45) is 0 Å². The van der Waals surface area contributed by atoms with Gasteiger partial charge in [-0.05, 0) is 42.5 Å². The van der Waals surface area contributed by atoms with Crippen LogP contribution in [0.1, 0.15) is 0 Å². The molecule has 0 radical (unpaired) electrons. The summed E-state index contributed by atoms with van der Waals surface area (Å²) in [7, 11) is 0. The van der Waals surface area contributed by atoms with Gasteiger partial charge < -0.3 is 4.98 Å². The van der Waals surface area contributed by atoms with E-state index in [4.69, 9.17) is 12.2 Å². The number of nitrogens with zero attached hydrogens (tertiary/aromatic N) is 1. The molecule has 2 aromatic carbocycles. The smallest absolute Gasteiger partial charge is 0.182 e. The van der Waals surface area contributed by atoms with Gasteiger partial charge in [0.1, 0.15) is 11.3 Å². The van der Waals surface area contributed by atoms with Gasteiger partial charge in [-0.3, -0.25) is 4.57 Å². The molecule has 90 valence electrons. The predicted octanol–water partition coefficient (Wildman–Crippen LogP) is 4.59. The Hall–Kier alpha value is -1.46. The average Bonchev–Trinajstić information content (AvgIpc) is 2.67. The molecule has 0 amide bonds. The Morgan fingerprint density at radius 3 is 2.72 bits per heavy atom. The van der Waals surface area contributed by atoms with E-state index >= 15 is 0 Å². The molecule has 1 heterocycles. The molecule has 3 aromatic rings. The molecule has 1 N–H and O–H groups in total. The normalized spacial score (nSPS) is 11.0. The minimum absolute atomic E-state index is 0.292. The molecular weight excluding hydrogens is 315 g/mol. The lowest BCUT2D eigenvalue weighted by molar-refractivity contribution is 0.634.